The molecule has 4 heteroatoms. The van der Waals surface area contributed by atoms with E-state index >= 15 is 0 Å². The average molecular weight is 285 g/mol. The van der Waals surface area contributed by atoms with E-state index in [1.54, 1.807) is 36.4 Å². The molecule has 0 fully saturated rings. The summed E-state index contributed by atoms with van der Waals surface area (Å²) in [4.78, 5) is 0.176. The molecule has 2 aromatic carbocycles. The van der Waals surface area contributed by atoms with E-state index in [0.29, 0.717) is 5.56 Å². The van der Waals surface area contributed by atoms with Crippen LogP contribution in [0.2, 0.25) is 0 Å². The first-order valence-electron chi connectivity index (χ1n) is 6.22. The van der Waals surface area contributed by atoms with Crippen molar-refractivity contribution in [2.75, 3.05) is 0 Å². The first-order chi connectivity index (χ1) is 9.45. The number of hydrogen-bond donors (Lipinski definition) is 0. The van der Waals surface area contributed by atoms with Gasteiger partial charge in [-0.25, -0.2) is 8.42 Å². The van der Waals surface area contributed by atoms with Crippen LogP contribution in [-0.2, 0) is 9.84 Å². The third-order valence-electron chi connectivity index (χ3n) is 3.16. The van der Waals surface area contributed by atoms with Crippen LogP contribution in [0.4, 0.5) is 0 Å². The van der Waals surface area contributed by atoms with Crippen molar-refractivity contribution in [1.29, 1.82) is 5.26 Å². The van der Waals surface area contributed by atoms with Crippen molar-refractivity contribution in [2.45, 2.75) is 24.0 Å². The van der Waals surface area contributed by atoms with Gasteiger partial charge in [0.05, 0.1) is 11.0 Å². The van der Waals surface area contributed by atoms with E-state index in [2.05, 4.69) is 0 Å². The average Bonchev–Trinajstić information content (AvgIpc) is 2.42. The van der Waals surface area contributed by atoms with Crippen molar-refractivity contribution >= 4 is 9.84 Å². The molecule has 2 rings (SSSR count). The quantitative estimate of drug-likeness (QED) is 0.869. The first-order valence-corrected chi connectivity index (χ1v) is 7.76. The maximum atomic E-state index is 12.5. The Kier molecular flexibility index (Phi) is 3.91. The molecule has 0 bridgehead atoms. The van der Waals surface area contributed by atoms with Gasteiger partial charge in [0.15, 0.2) is 15.1 Å². The summed E-state index contributed by atoms with van der Waals surface area (Å²) in [6, 6.07) is 15.5. The fourth-order valence-corrected chi connectivity index (χ4v) is 3.37. The van der Waals surface area contributed by atoms with Gasteiger partial charge in [-0.2, -0.15) is 5.26 Å². The van der Waals surface area contributed by atoms with E-state index in [1.165, 1.54) is 0 Å². The van der Waals surface area contributed by atoms with Gasteiger partial charge in [-0.15, -0.1) is 0 Å². The molecule has 0 amide bonds. The highest BCUT2D eigenvalue weighted by molar-refractivity contribution is 7.92. The van der Waals surface area contributed by atoms with Crippen LogP contribution in [0, 0.1) is 25.2 Å². The Morgan fingerprint density at radius 2 is 1.35 bits per heavy atom. The summed E-state index contributed by atoms with van der Waals surface area (Å²) in [5.74, 6) is 0. The van der Waals surface area contributed by atoms with Gasteiger partial charge in [-0.3, -0.25) is 0 Å². The number of hydrogen-bond acceptors (Lipinski definition) is 3. The number of sulfone groups is 1. The molecule has 0 aromatic heterocycles. The normalized spacial score (nSPS) is 12.7. The largest absolute Gasteiger partial charge is 0.222 e. The number of rotatable bonds is 3. The van der Waals surface area contributed by atoms with Gasteiger partial charge in [0, 0.05) is 0 Å². The van der Waals surface area contributed by atoms with E-state index in [1.807, 2.05) is 32.0 Å². The van der Waals surface area contributed by atoms with Crippen LogP contribution in [0.3, 0.4) is 0 Å². The Bertz CT molecular complexity index is 739. The summed E-state index contributed by atoms with van der Waals surface area (Å²) >= 11 is 0. The predicted octanol–water partition coefficient (Wildman–Crippen LogP) is 3.34. The zero-order valence-corrected chi connectivity index (χ0v) is 12.2. The van der Waals surface area contributed by atoms with E-state index in [4.69, 9.17) is 0 Å². The Labute approximate surface area is 119 Å². The van der Waals surface area contributed by atoms with Crippen molar-refractivity contribution in [2.24, 2.45) is 0 Å². The van der Waals surface area contributed by atoms with Crippen molar-refractivity contribution in [3.05, 3.63) is 65.2 Å². The molecular formula is C16H15NO2S. The fraction of sp³-hybridized carbons (Fsp3) is 0.188. The topological polar surface area (TPSA) is 57.9 Å². The molecule has 0 heterocycles. The Hall–Kier alpha value is -2.12. The fourth-order valence-electron chi connectivity index (χ4n) is 1.93. The second-order valence-corrected chi connectivity index (χ2v) is 6.81. The monoisotopic (exact) mass is 285 g/mol. The standard InChI is InChI=1S/C16H15NO2S/c1-12-3-7-14(8-4-12)16(11-17)20(18,19)15-9-5-13(2)6-10-15/h3-10,16H,1-2H3. The van der Waals surface area contributed by atoms with Crippen molar-refractivity contribution in [3.63, 3.8) is 0 Å². The molecule has 0 saturated carbocycles. The third-order valence-corrected chi connectivity index (χ3v) is 5.08. The summed E-state index contributed by atoms with van der Waals surface area (Å²) in [6.07, 6.45) is 0. The zero-order chi connectivity index (χ0) is 14.8. The van der Waals surface area contributed by atoms with Gasteiger partial charge in [0.1, 0.15) is 0 Å². The van der Waals surface area contributed by atoms with Crippen LogP contribution >= 0.6 is 0 Å². The minimum absolute atomic E-state index is 0.176. The van der Waals surface area contributed by atoms with Crippen molar-refractivity contribution < 1.29 is 8.42 Å². The molecule has 0 N–H and O–H groups in total. The maximum Gasteiger partial charge on any atom is 0.198 e. The van der Waals surface area contributed by atoms with Crippen LogP contribution in [0.5, 0.6) is 0 Å². The Morgan fingerprint density at radius 3 is 1.80 bits per heavy atom. The van der Waals surface area contributed by atoms with Crippen LogP contribution in [-0.4, -0.2) is 8.42 Å². The highest BCUT2D eigenvalue weighted by Gasteiger charge is 2.28. The summed E-state index contributed by atoms with van der Waals surface area (Å²) in [5, 5.41) is 8.10. The predicted molar refractivity (Wildman–Crippen MR) is 77.9 cm³/mol. The lowest BCUT2D eigenvalue weighted by molar-refractivity contribution is 0.591. The van der Waals surface area contributed by atoms with E-state index in [0.717, 1.165) is 11.1 Å². The smallest absolute Gasteiger partial charge is 0.198 e. The summed E-state index contributed by atoms with van der Waals surface area (Å²) < 4.78 is 25.1. The van der Waals surface area contributed by atoms with Crippen LogP contribution in [0.1, 0.15) is 21.9 Å². The summed E-state index contributed by atoms with van der Waals surface area (Å²) in [6.45, 7) is 3.80. The van der Waals surface area contributed by atoms with Gasteiger partial charge >= 0.3 is 0 Å². The number of nitrogens with zero attached hydrogens (tertiary/aromatic N) is 1. The molecule has 102 valence electrons. The molecule has 0 spiro atoms. The lowest BCUT2D eigenvalue weighted by Crippen LogP contribution is -2.12. The molecule has 1 unspecified atom stereocenters. The zero-order valence-electron chi connectivity index (χ0n) is 11.4. The summed E-state index contributed by atoms with van der Waals surface area (Å²) in [5.41, 5.74) is 2.50. The number of nitriles is 1. The van der Waals surface area contributed by atoms with E-state index in [9.17, 15) is 13.7 Å². The second-order valence-electron chi connectivity index (χ2n) is 4.78. The maximum absolute atomic E-state index is 12.5. The Balaban J connectivity index is 2.48. The highest BCUT2D eigenvalue weighted by atomic mass is 32.2. The van der Waals surface area contributed by atoms with Crippen LogP contribution < -0.4 is 0 Å². The van der Waals surface area contributed by atoms with Gasteiger partial charge in [-0.1, -0.05) is 47.5 Å². The minimum Gasteiger partial charge on any atom is -0.222 e. The van der Waals surface area contributed by atoms with Crippen LogP contribution in [0.15, 0.2) is 53.4 Å². The SMILES string of the molecule is Cc1ccc(C(C#N)S(=O)(=O)c2ccc(C)cc2)cc1. The molecule has 1 atom stereocenters. The summed E-state index contributed by atoms with van der Waals surface area (Å²) in [7, 11) is -3.69. The van der Waals surface area contributed by atoms with Gasteiger partial charge in [0.2, 0.25) is 0 Å². The third kappa shape index (κ3) is 2.73. The molecule has 0 aliphatic heterocycles. The number of benzene rings is 2. The molecule has 0 saturated heterocycles. The highest BCUT2D eigenvalue weighted by Crippen LogP contribution is 2.28. The lowest BCUT2D eigenvalue weighted by atomic mass is 10.1. The molecule has 20 heavy (non-hydrogen) atoms. The van der Waals surface area contributed by atoms with Gasteiger partial charge < -0.3 is 0 Å². The van der Waals surface area contributed by atoms with E-state index in [-0.39, 0.29) is 4.90 Å². The second kappa shape index (κ2) is 5.48. The molecule has 2 aromatic rings. The first kappa shape index (κ1) is 14.3. The van der Waals surface area contributed by atoms with E-state index < -0.39 is 15.1 Å². The van der Waals surface area contributed by atoms with Gasteiger partial charge in [-0.05, 0) is 31.5 Å². The van der Waals surface area contributed by atoms with Crippen LogP contribution in [0.25, 0.3) is 0 Å². The minimum atomic E-state index is -3.69. The molecule has 0 radical (unpaired) electrons. The van der Waals surface area contributed by atoms with Crippen molar-refractivity contribution in [3.8, 4) is 6.07 Å². The Morgan fingerprint density at radius 1 is 0.900 bits per heavy atom. The van der Waals surface area contributed by atoms with Gasteiger partial charge in [0.25, 0.3) is 0 Å². The molecule has 0 aliphatic rings. The molecule has 3 nitrogen and oxygen atoms in total. The lowest BCUT2D eigenvalue weighted by Gasteiger charge is -2.11. The van der Waals surface area contributed by atoms with Crippen molar-refractivity contribution in [1.82, 2.24) is 0 Å². The molecule has 0 aliphatic carbocycles. The molecular weight excluding hydrogens is 270 g/mol. The number of aryl methyl sites for hydroxylation is 2.